The molecular formula is C16H11NO2S. The first-order valence-corrected chi connectivity index (χ1v) is 5.70. The van der Waals surface area contributed by atoms with E-state index in [9.17, 15) is 4.79 Å². The lowest BCUT2D eigenvalue weighted by Gasteiger charge is -1.96. The van der Waals surface area contributed by atoms with Gasteiger partial charge in [-0.2, -0.15) is 12.6 Å². The van der Waals surface area contributed by atoms with Crippen LogP contribution in [0.5, 0.6) is 0 Å². The van der Waals surface area contributed by atoms with Crippen molar-refractivity contribution >= 4 is 18.6 Å². The minimum Gasteiger partial charge on any atom is -0.480 e. The van der Waals surface area contributed by atoms with Crippen LogP contribution in [0.1, 0.15) is 6.92 Å². The van der Waals surface area contributed by atoms with Crippen LogP contribution in [0, 0.1) is 71.5 Å². The molecule has 20 heavy (non-hydrogen) atoms. The lowest BCUT2D eigenvalue weighted by molar-refractivity contribution is -0.137. The summed E-state index contributed by atoms with van der Waals surface area (Å²) in [5.41, 5.74) is 4.94. The van der Waals surface area contributed by atoms with Crippen LogP contribution in [-0.4, -0.2) is 22.9 Å². The molecule has 3 N–H and O–H groups in total. The van der Waals surface area contributed by atoms with E-state index in [0.717, 1.165) is 0 Å². The molecule has 0 fully saturated rings. The Kier molecular flexibility index (Phi) is 15.7. The Labute approximate surface area is 125 Å². The largest absolute Gasteiger partial charge is 0.480 e. The topological polar surface area (TPSA) is 63.3 Å². The number of carboxylic acid groups (broad SMARTS) is 1. The van der Waals surface area contributed by atoms with Crippen molar-refractivity contribution in [3.8, 4) is 71.5 Å². The number of nitrogens with two attached hydrogens (primary N) is 1. The molecule has 4 heteroatoms. The molecule has 0 aliphatic rings. The fourth-order valence-corrected chi connectivity index (χ4v) is 0.552. The lowest BCUT2D eigenvalue weighted by Crippen LogP contribution is -2.31. The maximum absolute atomic E-state index is 9.76. The smallest absolute Gasteiger partial charge is 0.321 e. The van der Waals surface area contributed by atoms with E-state index in [1.807, 2.05) is 0 Å². The van der Waals surface area contributed by atoms with Gasteiger partial charge in [-0.1, -0.05) is 5.92 Å². The van der Waals surface area contributed by atoms with Crippen molar-refractivity contribution in [1.82, 2.24) is 0 Å². The monoisotopic (exact) mass is 281 g/mol. The normalized spacial score (nSPS) is 7.10. The molecule has 0 saturated heterocycles. The van der Waals surface area contributed by atoms with Crippen molar-refractivity contribution in [2.24, 2.45) is 5.73 Å². The molecule has 0 aromatic rings. The van der Waals surface area contributed by atoms with Crippen LogP contribution in [0.3, 0.4) is 0 Å². The second-order valence-corrected chi connectivity index (χ2v) is 3.01. The van der Waals surface area contributed by atoms with Crippen LogP contribution in [0.15, 0.2) is 0 Å². The predicted octanol–water partition coefficient (Wildman–Crippen LogP) is -0.0154. The predicted molar refractivity (Wildman–Crippen MR) is 82.9 cm³/mol. The molecule has 98 valence electrons. The molecule has 0 bridgehead atoms. The van der Waals surface area contributed by atoms with Gasteiger partial charge in [0.2, 0.25) is 0 Å². The highest BCUT2D eigenvalue weighted by Crippen LogP contribution is 1.80. The molecule has 0 amide bonds. The van der Waals surface area contributed by atoms with Gasteiger partial charge in [0.05, 0.1) is 0 Å². The summed E-state index contributed by atoms with van der Waals surface area (Å²) in [5.74, 6) is 26.1. The first kappa shape index (κ1) is 19.5. The number of carbonyl (C=O) groups is 1. The SMILES string of the molecule is C#CC#CC#CC#CC#CC#CC.N[C@H](CS)C(=O)O. The molecule has 0 aliphatic heterocycles. The van der Waals surface area contributed by atoms with Gasteiger partial charge < -0.3 is 10.8 Å². The Hall–Kier alpha value is -2.86. The second kappa shape index (κ2) is 16.1. The van der Waals surface area contributed by atoms with E-state index in [0.29, 0.717) is 0 Å². The number of aliphatic carboxylic acids is 1. The molecule has 0 spiro atoms. The molecule has 0 heterocycles. The third-order valence-corrected chi connectivity index (χ3v) is 1.60. The van der Waals surface area contributed by atoms with Gasteiger partial charge in [0, 0.05) is 5.75 Å². The van der Waals surface area contributed by atoms with Crippen LogP contribution in [0.2, 0.25) is 0 Å². The van der Waals surface area contributed by atoms with Gasteiger partial charge in [-0.15, -0.1) is 6.42 Å². The van der Waals surface area contributed by atoms with E-state index in [-0.39, 0.29) is 5.75 Å². The number of rotatable bonds is 2. The van der Waals surface area contributed by atoms with Crippen molar-refractivity contribution in [3.05, 3.63) is 0 Å². The van der Waals surface area contributed by atoms with Gasteiger partial charge in [-0.05, 0) is 66.1 Å². The molecule has 0 aromatic heterocycles. The Morgan fingerprint density at radius 2 is 1.50 bits per heavy atom. The standard InChI is InChI=1S/C13H4.C3H7NO2S/c1-3-5-7-9-11-13-12-10-8-6-4-2;4-2(1-7)3(5)6/h1H,2H3;2,7H,1,4H2,(H,5,6)/t;2-/m.1/s1. The summed E-state index contributed by atoms with van der Waals surface area (Å²) in [7, 11) is 0. The minimum absolute atomic E-state index is 0.190. The molecule has 0 rings (SSSR count). The second-order valence-electron chi connectivity index (χ2n) is 2.65. The number of thiol groups is 1. The van der Waals surface area contributed by atoms with Gasteiger partial charge in [0.25, 0.3) is 0 Å². The number of terminal acetylenes is 1. The molecule has 0 saturated carbocycles. The quantitative estimate of drug-likeness (QED) is 0.492. The zero-order valence-corrected chi connectivity index (χ0v) is 11.6. The summed E-state index contributed by atoms with van der Waals surface area (Å²) in [6.07, 6.45) is 4.86. The van der Waals surface area contributed by atoms with Crippen LogP contribution in [0.25, 0.3) is 0 Å². The van der Waals surface area contributed by atoms with E-state index < -0.39 is 12.0 Å². The van der Waals surface area contributed by atoms with Crippen molar-refractivity contribution in [1.29, 1.82) is 0 Å². The van der Waals surface area contributed by atoms with Crippen molar-refractivity contribution in [2.75, 3.05) is 5.75 Å². The highest BCUT2D eigenvalue weighted by Gasteiger charge is 2.06. The molecule has 0 aromatic carbocycles. The van der Waals surface area contributed by atoms with E-state index in [4.69, 9.17) is 17.3 Å². The first-order valence-electron chi connectivity index (χ1n) is 5.06. The van der Waals surface area contributed by atoms with Crippen molar-refractivity contribution in [2.45, 2.75) is 13.0 Å². The van der Waals surface area contributed by atoms with E-state index >= 15 is 0 Å². The Balaban J connectivity index is 0. The van der Waals surface area contributed by atoms with Crippen molar-refractivity contribution < 1.29 is 9.90 Å². The minimum atomic E-state index is -1.00. The zero-order chi connectivity index (χ0) is 15.6. The Bertz CT molecular complexity index is 659. The summed E-state index contributed by atoms with van der Waals surface area (Å²) in [4.78, 5) is 9.76. The average Bonchev–Trinajstić information content (AvgIpc) is 2.45. The van der Waals surface area contributed by atoms with Crippen LogP contribution < -0.4 is 5.73 Å². The molecule has 3 nitrogen and oxygen atoms in total. The van der Waals surface area contributed by atoms with E-state index in [1.165, 1.54) is 0 Å². The third kappa shape index (κ3) is 17.5. The third-order valence-electron chi connectivity index (χ3n) is 1.21. The molecule has 0 radical (unpaired) electrons. The van der Waals surface area contributed by atoms with Crippen molar-refractivity contribution in [3.63, 3.8) is 0 Å². The number of hydrogen-bond acceptors (Lipinski definition) is 3. The first-order chi connectivity index (χ1) is 9.59. The summed E-state index contributed by atoms with van der Waals surface area (Å²) in [6, 6.07) is -0.816. The number of hydrogen-bond donors (Lipinski definition) is 3. The average molecular weight is 281 g/mol. The molecule has 0 aliphatic carbocycles. The lowest BCUT2D eigenvalue weighted by atomic mass is 10.4. The van der Waals surface area contributed by atoms with Crippen LogP contribution >= 0.6 is 12.6 Å². The van der Waals surface area contributed by atoms with Gasteiger partial charge in [-0.25, -0.2) is 0 Å². The highest BCUT2D eigenvalue weighted by molar-refractivity contribution is 7.80. The summed E-state index contributed by atoms with van der Waals surface area (Å²) in [5, 5.41) is 8.01. The summed E-state index contributed by atoms with van der Waals surface area (Å²) in [6.45, 7) is 1.71. The van der Waals surface area contributed by atoms with Crippen LogP contribution in [-0.2, 0) is 4.79 Å². The highest BCUT2D eigenvalue weighted by atomic mass is 32.1. The molecular weight excluding hydrogens is 270 g/mol. The fraction of sp³-hybridized carbons (Fsp3) is 0.188. The maximum Gasteiger partial charge on any atom is 0.321 e. The zero-order valence-electron chi connectivity index (χ0n) is 10.7. The Morgan fingerprint density at radius 3 is 1.75 bits per heavy atom. The maximum atomic E-state index is 9.76. The summed E-state index contributed by atoms with van der Waals surface area (Å²) < 4.78 is 0. The summed E-state index contributed by atoms with van der Waals surface area (Å²) >= 11 is 3.65. The fourth-order valence-electron chi connectivity index (χ4n) is 0.395. The van der Waals surface area contributed by atoms with Gasteiger partial charge in [-0.3, -0.25) is 4.79 Å². The molecule has 1 atom stereocenters. The van der Waals surface area contributed by atoms with Gasteiger partial charge in [0.15, 0.2) is 0 Å². The number of carboxylic acids is 1. The van der Waals surface area contributed by atoms with Gasteiger partial charge in [0.1, 0.15) is 6.04 Å². The van der Waals surface area contributed by atoms with Crippen LogP contribution in [0.4, 0.5) is 0 Å². The molecule has 0 unspecified atom stereocenters. The van der Waals surface area contributed by atoms with E-state index in [2.05, 4.69) is 77.8 Å². The Morgan fingerprint density at radius 1 is 1.10 bits per heavy atom. The van der Waals surface area contributed by atoms with Gasteiger partial charge >= 0.3 is 5.97 Å². The van der Waals surface area contributed by atoms with E-state index in [1.54, 1.807) is 6.92 Å².